The molecule has 1 aromatic rings. The van der Waals surface area contributed by atoms with E-state index in [-0.39, 0.29) is 5.91 Å². The number of rotatable bonds is 5. The minimum absolute atomic E-state index is 0.0259. The van der Waals surface area contributed by atoms with Crippen LogP contribution in [-0.2, 0) is 6.42 Å². The third kappa shape index (κ3) is 4.30. The van der Waals surface area contributed by atoms with Crippen molar-refractivity contribution in [2.24, 2.45) is 5.92 Å². The van der Waals surface area contributed by atoms with Gasteiger partial charge in [0, 0.05) is 30.5 Å². The first-order chi connectivity index (χ1) is 9.69. The lowest BCUT2D eigenvalue weighted by Crippen LogP contribution is -2.39. The Labute approximate surface area is 121 Å². The van der Waals surface area contributed by atoms with Gasteiger partial charge in [0.2, 0.25) is 0 Å². The normalized spacial score (nSPS) is 19.8. The van der Waals surface area contributed by atoms with E-state index in [9.17, 15) is 4.79 Å². The van der Waals surface area contributed by atoms with E-state index in [0.29, 0.717) is 5.92 Å². The minimum Gasteiger partial charge on any atom is -0.352 e. The summed E-state index contributed by atoms with van der Waals surface area (Å²) in [7, 11) is 2.15. The molecule has 0 radical (unpaired) electrons. The summed E-state index contributed by atoms with van der Waals surface area (Å²) >= 11 is 0. The van der Waals surface area contributed by atoms with Crippen LogP contribution in [0.3, 0.4) is 0 Å². The SMILES string of the molecule is CCCc1cc(C(=O)NCC2CCCN(C)C2)ccn1. The van der Waals surface area contributed by atoms with Gasteiger partial charge in [-0.15, -0.1) is 0 Å². The van der Waals surface area contributed by atoms with Crippen LogP contribution >= 0.6 is 0 Å². The third-order valence-electron chi connectivity index (χ3n) is 3.86. The zero-order valence-corrected chi connectivity index (χ0v) is 12.6. The highest BCUT2D eigenvalue weighted by molar-refractivity contribution is 5.94. The number of likely N-dealkylation sites (tertiary alicyclic amines) is 1. The van der Waals surface area contributed by atoms with Gasteiger partial charge in [-0.2, -0.15) is 0 Å². The van der Waals surface area contributed by atoms with Gasteiger partial charge >= 0.3 is 0 Å². The van der Waals surface area contributed by atoms with E-state index in [2.05, 4.69) is 29.2 Å². The standard InChI is InChI=1S/C16H25N3O/c1-3-5-15-10-14(7-8-17-15)16(20)18-11-13-6-4-9-19(2)12-13/h7-8,10,13H,3-6,9,11-12H2,1-2H3,(H,18,20). The van der Waals surface area contributed by atoms with Gasteiger partial charge in [-0.3, -0.25) is 9.78 Å². The predicted molar refractivity (Wildman–Crippen MR) is 80.8 cm³/mol. The summed E-state index contributed by atoms with van der Waals surface area (Å²) in [5.41, 5.74) is 1.73. The number of piperidine rings is 1. The van der Waals surface area contributed by atoms with Gasteiger partial charge in [0.05, 0.1) is 0 Å². The zero-order valence-electron chi connectivity index (χ0n) is 12.6. The van der Waals surface area contributed by atoms with Crippen LogP contribution in [0.1, 0.15) is 42.2 Å². The number of hydrogen-bond donors (Lipinski definition) is 1. The summed E-state index contributed by atoms with van der Waals surface area (Å²) in [4.78, 5) is 18.8. The van der Waals surface area contributed by atoms with Crippen LogP contribution in [0.5, 0.6) is 0 Å². The third-order valence-corrected chi connectivity index (χ3v) is 3.86. The highest BCUT2D eigenvalue weighted by Gasteiger charge is 2.18. The highest BCUT2D eigenvalue weighted by Crippen LogP contribution is 2.14. The molecular formula is C16H25N3O. The fourth-order valence-corrected chi connectivity index (χ4v) is 2.79. The number of pyridine rings is 1. The number of aromatic nitrogens is 1. The Kier molecular flexibility index (Phi) is 5.53. The molecule has 1 saturated heterocycles. The highest BCUT2D eigenvalue weighted by atomic mass is 16.1. The molecule has 0 aliphatic carbocycles. The second-order valence-corrected chi connectivity index (χ2v) is 5.77. The van der Waals surface area contributed by atoms with E-state index in [0.717, 1.165) is 37.2 Å². The van der Waals surface area contributed by atoms with Crippen molar-refractivity contribution in [3.8, 4) is 0 Å². The molecule has 1 atom stereocenters. The van der Waals surface area contributed by atoms with Gasteiger partial charge in [0.25, 0.3) is 5.91 Å². The van der Waals surface area contributed by atoms with Crippen molar-refractivity contribution in [2.75, 3.05) is 26.7 Å². The predicted octanol–water partition coefficient (Wildman–Crippen LogP) is 2.11. The second-order valence-electron chi connectivity index (χ2n) is 5.77. The van der Waals surface area contributed by atoms with Crippen molar-refractivity contribution in [1.82, 2.24) is 15.2 Å². The number of carbonyl (C=O) groups is 1. The summed E-state index contributed by atoms with van der Waals surface area (Å²) in [6, 6.07) is 3.70. The number of nitrogens with one attached hydrogen (secondary N) is 1. The van der Waals surface area contributed by atoms with E-state index in [4.69, 9.17) is 0 Å². The van der Waals surface area contributed by atoms with Crippen molar-refractivity contribution in [2.45, 2.75) is 32.6 Å². The lowest BCUT2D eigenvalue weighted by Gasteiger charge is -2.29. The second kappa shape index (κ2) is 7.39. The molecular weight excluding hydrogens is 250 g/mol. The minimum atomic E-state index is 0.0259. The fraction of sp³-hybridized carbons (Fsp3) is 0.625. The maximum absolute atomic E-state index is 12.2. The van der Waals surface area contributed by atoms with Crippen LogP contribution in [-0.4, -0.2) is 42.5 Å². The van der Waals surface area contributed by atoms with Crippen molar-refractivity contribution < 1.29 is 4.79 Å². The molecule has 1 aliphatic rings. The van der Waals surface area contributed by atoms with Crippen LogP contribution in [0.25, 0.3) is 0 Å². The smallest absolute Gasteiger partial charge is 0.251 e. The number of nitrogens with zero attached hydrogens (tertiary/aromatic N) is 2. The van der Waals surface area contributed by atoms with Crippen LogP contribution < -0.4 is 5.32 Å². The first-order valence-electron chi connectivity index (χ1n) is 7.60. The van der Waals surface area contributed by atoms with Crippen molar-refractivity contribution >= 4 is 5.91 Å². The largest absolute Gasteiger partial charge is 0.352 e. The van der Waals surface area contributed by atoms with Crippen LogP contribution in [0, 0.1) is 5.92 Å². The Hall–Kier alpha value is -1.42. The topological polar surface area (TPSA) is 45.2 Å². The molecule has 2 heterocycles. The van der Waals surface area contributed by atoms with Gasteiger partial charge in [-0.1, -0.05) is 13.3 Å². The fourth-order valence-electron chi connectivity index (χ4n) is 2.79. The molecule has 0 spiro atoms. The molecule has 4 heteroatoms. The maximum Gasteiger partial charge on any atom is 0.251 e. The molecule has 20 heavy (non-hydrogen) atoms. The monoisotopic (exact) mass is 275 g/mol. The average Bonchev–Trinajstić information content (AvgIpc) is 2.45. The van der Waals surface area contributed by atoms with E-state index in [1.807, 2.05) is 6.07 Å². The first-order valence-corrected chi connectivity index (χ1v) is 7.60. The lowest BCUT2D eigenvalue weighted by atomic mass is 9.98. The molecule has 1 aromatic heterocycles. The molecule has 4 nitrogen and oxygen atoms in total. The Balaban J connectivity index is 1.86. The molecule has 0 saturated carbocycles. The zero-order chi connectivity index (χ0) is 14.4. The molecule has 110 valence electrons. The summed E-state index contributed by atoms with van der Waals surface area (Å²) in [6.45, 7) is 5.15. The van der Waals surface area contributed by atoms with Crippen LogP contribution in [0.15, 0.2) is 18.3 Å². The molecule has 1 fully saturated rings. The first kappa shape index (κ1) is 15.0. The molecule has 1 aliphatic heterocycles. The van der Waals surface area contributed by atoms with Gasteiger partial charge in [-0.25, -0.2) is 0 Å². The molecule has 1 amide bonds. The van der Waals surface area contributed by atoms with E-state index in [1.165, 1.54) is 19.4 Å². The van der Waals surface area contributed by atoms with E-state index < -0.39 is 0 Å². The van der Waals surface area contributed by atoms with Gasteiger partial charge in [0.15, 0.2) is 0 Å². The van der Waals surface area contributed by atoms with Crippen LogP contribution in [0.2, 0.25) is 0 Å². The van der Waals surface area contributed by atoms with Gasteiger partial charge in [-0.05, 0) is 50.9 Å². The lowest BCUT2D eigenvalue weighted by molar-refractivity contribution is 0.0936. The van der Waals surface area contributed by atoms with E-state index >= 15 is 0 Å². The van der Waals surface area contributed by atoms with Crippen molar-refractivity contribution in [3.05, 3.63) is 29.6 Å². The summed E-state index contributed by atoms with van der Waals surface area (Å²) in [5, 5.41) is 3.07. The summed E-state index contributed by atoms with van der Waals surface area (Å²) in [5.74, 6) is 0.604. The Morgan fingerprint density at radius 3 is 3.15 bits per heavy atom. The molecule has 1 N–H and O–H groups in total. The number of amides is 1. The summed E-state index contributed by atoms with van der Waals surface area (Å²) in [6.07, 6.45) is 6.14. The van der Waals surface area contributed by atoms with Crippen molar-refractivity contribution in [1.29, 1.82) is 0 Å². The van der Waals surface area contributed by atoms with Gasteiger partial charge < -0.3 is 10.2 Å². The van der Waals surface area contributed by atoms with Gasteiger partial charge in [0.1, 0.15) is 0 Å². The molecule has 0 aromatic carbocycles. The molecule has 2 rings (SSSR count). The number of carbonyl (C=O) groups excluding carboxylic acids is 1. The average molecular weight is 275 g/mol. The quantitative estimate of drug-likeness (QED) is 0.895. The number of hydrogen-bond acceptors (Lipinski definition) is 3. The van der Waals surface area contributed by atoms with Crippen molar-refractivity contribution in [3.63, 3.8) is 0 Å². The summed E-state index contributed by atoms with van der Waals surface area (Å²) < 4.78 is 0. The van der Waals surface area contributed by atoms with E-state index in [1.54, 1.807) is 12.3 Å². The molecule has 0 bridgehead atoms. The number of aryl methyl sites for hydroxylation is 1. The Bertz CT molecular complexity index is 447. The Morgan fingerprint density at radius 2 is 2.40 bits per heavy atom. The van der Waals surface area contributed by atoms with Crippen LogP contribution in [0.4, 0.5) is 0 Å². The molecule has 1 unspecified atom stereocenters. The Morgan fingerprint density at radius 1 is 1.55 bits per heavy atom. The maximum atomic E-state index is 12.2.